The van der Waals surface area contributed by atoms with Gasteiger partial charge in [0.25, 0.3) is 42.2 Å². The highest BCUT2D eigenvalue weighted by molar-refractivity contribution is 7.86. The summed E-state index contributed by atoms with van der Waals surface area (Å²) in [6, 6.07) is 6.46. The standard InChI is InChI=1S/C26H32N4O11S4/c1-15-26(2,5-3-9-43(33,34)35)19-14-18(23-17(4-8-42-23)22(19)29-15)16-12-20(24(31)27-6-10-44(36,37)38)30-21(13-16)25(32)28-7-11-45(39,40)41/h4,8,12-15,29H,3,5-7,9-11H2,1-2H3,(H,27,31)(H,28,32)(H,33,34,35)(H,36,37,38)(H,39,40,41). The molecule has 45 heavy (non-hydrogen) atoms. The van der Waals surface area contributed by atoms with E-state index in [1.165, 1.54) is 23.5 Å². The van der Waals surface area contributed by atoms with Crippen LogP contribution in [0.15, 0.2) is 29.6 Å². The lowest BCUT2D eigenvalue weighted by molar-refractivity contribution is 0.0947. The van der Waals surface area contributed by atoms with E-state index < -0.39 is 77.9 Å². The van der Waals surface area contributed by atoms with Crippen molar-refractivity contribution < 1.29 is 48.5 Å². The van der Waals surface area contributed by atoms with Gasteiger partial charge in [-0.05, 0) is 60.5 Å². The molecule has 0 saturated heterocycles. The molecule has 0 saturated carbocycles. The first-order valence-electron chi connectivity index (χ1n) is 13.5. The van der Waals surface area contributed by atoms with Gasteiger partial charge in [0.15, 0.2) is 0 Å². The molecule has 6 N–H and O–H groups in total. The maximum absolute atomic E-state index is 13.0. The van der Waals surface area contributed by atoms with Crippen molar-refractivity contribution in [1.29, 1.82) is 0 Å². The second kappa shape index (κ2) is 12.9. The van der Waals surface area contributed by atoms with Crippen LogP contribution in [0, 0.1) is 0 Å². The van der Waals surface area contributed by atoms with Gasteiger partial charge in [0.2, 0.25) is 0 Å². The average Bonchev–Trinajstić information content (AvgIpc) is 3.49. The lowest BCUT2D eigenvalue weighted by Crippen LogP contribution is -2.34. The minimum Gasteiger partial charge on any atom is -0.381 e. The Morgan fingerprint density at radius 1 is 0.911 bits per heavy atom. The number of pyridine rings is 1. The van der Waals surface area contributed by atoms with Crippen LogP contribution in [0.25, 0.3) is 21.2 Å². The zero-order chi connectivity index (χ0) is 33.4. The molecule has 0 radical (unpaired) electrons. The number of aromatic nitrogens is 1. The van der Waals surface area contributed by atoms with Gasteiger partial charge in [-0.1, -0.05) is 6.92 Å². The molecule has 0 fully saturated rings. The molecule has 1 aliphatic rings. The summed E-state index contributed by atoms with van der Waals surface area (Å²) in [6.45, 7) is 3.04. The molecule has 2 amide bonds. The van der Waals surface area contributed by atoms with E-state index in [9.17, 15) is 39.4 Å². The third-order valence-electron chi connectivity index (χ3n) is 7.66. The Balaban J connectivity index is 1.81. The first-order chi connectivity index (χ1) is 20.8. The molecule has 2 atom stereocenters. The highest BCUT2D eigenvalue weighted by Gasteiger charge is 2.42. The topological polar surface area (TPSA) is 246 Å². The van der Waals surface area contributed by atoms with Crippen LogP contribution in [-0.4, -0.2) is 92.1 Å². The third-order valence-corrected chi connectivity index (χ3v) is 10.9. The SMILES string of the molecule is CC1Nc2c(cc(-c3cc(C(=O)NCCS(=O)(=O)O)nc(C(=O)NCCS(=O)(=O)O)c3)c3sccc23)C1(C)CCCS(=O)(=O)O. The summed E-state index contributed by atoms with van der Waals surface area (Å²) in [7, 11) is -12.9. The zero-order valence-corrected chi connectivity index (χ0v) is 27.4. The fraction of sp³-hybridized carbons (Fsp3) is 0.423. The van der Waals surface area contributed by atoms with Crippen molar-refractivity contribution in [1.82, 2.24) is 15.6 Å². The number of thiophene rings is 1. The van der Waals surface area contributed by atoms with Gasteiger partial charge in [0, 0.05) is 45.9 Å². The molecule has 1 aliphatic heterocycles. The van der Waals surface area contributed by atoms with Crippen LogP contribution in [0.5, 0.6) is 0 Å². The lowest BCUT2D eigenvalue weighted by atomic mass is 9.75. The van der Waals surface area contributed by atoms with Crippen LogP contribution in [0.4, 0.5) is 5.69 Å². The first-order valence-corrected chi connectivity index (χ1v) is 19.2. The van der Waals surface area contributed by atoms with Gasteiger partial charge in [0.1, 0.15) is 11.4 Å². The molecule has 0 bridgehead atoms. The number of fused-ring (bicyclic) bond motifs is 3. The third kappa shape index (κ3) is 8.54. The van der Waals surface area contributed by atoms with Crippen LogP contribution in [0.2, 0.25) is 0 Å². The van der Waals surface area contributed by atoms with E-state index in [-0.39, 0.29) is 23.9 Å². The van der Waals surface area contributed by atoms with E-state index in [0.29, 0.717) is 17.5 Å². The summed E-state index contributed by atoms with van der Waals surface area (Å²) in [6.07, 6.45) is 0.594. The molecule has 0 aliphatic carbocycles. The van der Waals surface area contributed by atoms with E-state index in [0.717, 1.165) is 21.3 Å². The summed E-state index contributed by atoms with van der Waals surface area (Å²) in [4.78, 5) is 30.1. The van der Waals surface area contributed by atoms with Gasteiger partial charge in [0.05, 0.1) is 17.3 Å². The lowest BCUT2D eigenvalue weighted by Gasteiger charge is -2.30. The van der Waals surface area contributed by atoms with Crippen molar-refractivity contribution in [3.63, 3.8) is 0 Å². The smallest absolute Gasteiger partial charge is 0.269 e. The summed E-state index contributed by atoms with van der Waals surface area (Å²) in [5.41, 5.74) is 1.56. The summed E-state index contributed by atoms with van der Waals surface area (Å²) in [5, 5.41) is 10.9. The van der Waals surface area contributed by atoms with Crippen molar-refractivity contribution in [2.75, 3.05) is 35.7 Å². The Bertz CT molecular complexity index is 1910. The Morgan fingerprint density at radius 2 is 1.44 bits per heavy atom. The molecule has 2 aromatic heterocycles. The number of nitrogens with one attached hydrogen (secondary N) is 3. The quantitative estimate of drug-likeness (QED) is 0.139. The van der Waals surface area contributed by atoms with Crippen LogP contribution >= 0.6 is 11.3 Å². The molecular formula is C26H32N4O11S4. The van der Waals surface area contributed by atoms with E-state index in [4.69, 9.17) is 9.11 Å². The minimum absolute atomic E-state index is 0.127. The number of carbonyl (C=O) groups excluding carboxylic acids is 2. The summed E-state index contributed by atoms with van der Waals surface area (Å²) in [5.74, 6) is -3.62. The van der Waals surface area contributed by atoms with Gasteiger partial charge in [-0.15, -0.1) is 11.3 Å². The normalized spacial score (nSPS) is 18.4. The van der Waals surface area contributed by atoms with Crippen LogP contribution in [-0.2, 0) is 35.8 Å². The largest absolute Gasteiger partial charge is 0.381 e. The van der Waals surface area contributed by atoms with Gasteiger partial charge in [-0.25, -0.2) is 4.98 Å². The fourth-order valence-electron chi connectivity index (χ4n) is 5.23. The fourth-order valence-corrected chi connectivity index (χ4v) is 7.40. The number of amides is 2. The molecule has 0 spiro atoms. The maximum Gasteiger partial charge on any atom is 0.269 e. The van der Waals surface area contributed by atoms with Crippen LogP contribution in [0.3, 0.4) is 0 Å². The molecule has 246 valence electrons. The molecule has 4 rings (SSSR count). The Labute approximate surface area is 264 Å². The van der Waals surface area contributed by atoms with Gasteiger partial charge >= 0.3 is 0 Å². The van der Waals surface area contributed by atoms with E-state index in [2.05, 4.69) is 20.9 Å². The van der Waals surface area contributed by atoms with Crippen molar-refractivity contribution >= 4 is 69.3 Å². The van der Waals surface area contributed by atoms with Gasteiger partial charge in [-0.2, -0.15) is 25.3 Å². The van der Waals surface area contributed by atoms with Crippen LogP contribution < -0.4 is 16.0 Å². The molecular weight excluding hydrogens is 673 g/mol. The second-order valence-electron chi connectivity index (χ2n) is 10.9. The minimum atomic E-state index is -4.37. The van der Waals surface area contributed by atoms with Crippen LogP contribution in [0.1, 0.15) is 53.2 Å². The summed E-state index contributed by atoms with van der Waals surface area (Å²) < 4.78 is 95.3. The molecule has 3 aromatic rings. The number of rotatable bonds is 13. The number of benzene rings is 1. The van der Waals surface area contributed by atoms with E-state index in [1.54, 1.807) is 0 Å². The second-order valence-corrected chi connectivity index (χ2v) is 16.5. The van der Waals surface area contributed by atoms with E-state index >= 15 is 0 Å². The molecule has 2 unspecified atom stereocenters. The summed E-state index contributed by atoms with van der Waals surface area (Å²) >= 11 is 1.40. The van der Waals surface area contributed by atoms with Crippen molar-refractivity contribution in [2.24, 2.45) is 0 Å². The first kappa shape index (κ1) is 34.7. The molecule has 3 heterocycles. The Morgan fingerprint density at radius 3 is 1.96 bits per heavy atom. The number of nitrogens with zero attached hydrogens (tertiary/aromatic N) is 1. The number of hydrogen-bond acceptors (Lipinski definition) is 11. The zero-order valence-electron chi connectivity index (χ0n) is 24.1. The number of carbonyl (C=O) groups is 2. The van der Waals surface area contributed by atoms with Crippen molar-refractivity contribution in [3.8, 4) is 11.1 Å². The highest BCUT2D eigenvalue weighted by Crippen LogP contribution is 2.50. The van der Waals surface area contributed by atoms with Crippen molar-refractivity contribution in [2.45, 2.75) is 38.1 Å². The number of hydrogen-bond donors (Lipinski definition) is 6. The number of anilines is 1. The van der Waals surface area contributed by atoms with E-state index in [1.807, 2.05) is 31.4 Å². The Hall–Kier alpha value is -3.20. The van der Waals surface area contributed by atoms with Crippen molar-refractivity contribution in [3.05, 3.63) is 46.6 Å². The molecule has 15 nitrogen and oxygen atoms in total. The monoisotopic (exact) mass is 704 g/mol. The molecule has 19 heteroatoms. The average molecular weight is 705 g/mol. The predicted molar refractivity (Wildman–Crippen MR) is 169 cm³/mol. The van der Waals surface area contributed by atoms with Gasteiger partial charge < -0.3 is 16.0 Å². The van der Waals surface area contributed by atoms with Gasteiger partial charge in [-0.3, -0.25) is 23.2 Å². The molecule has 1 aromatic carbocycles. The predicted octanol–water partition coefficient (Wildman–Crippen LogP) is 1.94. The highest BCUT2D eigenvalue weighted by atomic mass is 32.2. The Kier molecular flexibility index (Phi) is 9.93. The maximum atomic E-state index is 13.0.